The molecule has 0 fully saturated rings. The van der Waals surface area contributed by atoms with Gasteiger partial charge in [0.25, 0.3) is 0 Å². The Morgan fingerprint density at radius 3 is 1.62 bits per heavy atom. The summed E-state index contributed by atoms with van der Waals surface area (Å²) in [5, 5.41) is 0. The molecule has 1 aliphatic heterocycles. The van der Waals surface area contributed by atoms with E-state index in [1.807, 2.05) is 48.5 Å². The molecule has 1 rings (SSSR count). The molecule has 82 valence electrons. The Hall–Kier alpha value is -0.530. The predicted molar refractivity (Wildman–Crippen MR) is 62.6 cm³/mol. The summed E-state index contributed by atoms with van der Waals surface area (Å²) in [5.74, 6) is 0.839. The fourth-order valence-electron chi connectivity index (χ4n) is 0.567. The van der Waals surface area contributed by atoms with Gasteiger partial charge in [-0.2, -0.15) is 0 Å². The van der Waals surface area contributed by atoms with Crippen LogP contribution in [0.1, 0.15) is 54.9 Å². The van der Waals surface area contributed by atoms with Crippen molar-refractivity contribution >= 4 is 5.90 Å². The smallest absolute Gasteiger partial charge is 0.179 e. The molecule has 0 aromatic heterocycles. The first-order valence-electron chi connectivity index (χ1n) is 5.53. The first kappa shape index (κ1) is 18.3. The second-order valence-corrected chi connectivity index (χ2v) is 1.60. The van der Waals surface area contributed by atoms with Crippen LogP contribution >= 0.6 is 0 Å². The van der Waals surface area contributed by atoms with Gasteiger partial charge in [-0.1, -0.05) is 41.5 Å². The van der Waals surface area contributed by atoms with Crippen LogP contribution in [0.4, 0.5) is 0 Å². The van der Waals surface area contributed by atoms with E-state index in [2.05, 4.69) is 4.99 Å². The molecular weight excluding hydrogens is 162 g/mol. The maximum atomic E-state index is 5.03. The lowest BCUT2D eigenvalue weighted by molar-refractivity contribution is 0.280. The molecule has 0 spiro atoms. The molecule has 0 aliphatic carbocycles. The standard InChI is InChI=1S/C5H9NO.3C2H6/c1-5-6-3-2-4-7-5;3*1-2/h2-4H2,1H3;3*1-2H3. The highest BCUT2D eigenvalue weighted by molar-refractivity contribution is 5.73. The minimum atomic E-state index is 0.839. The van der Waals surface area contributed by atoms with Crippen LogP contribution in [0.25, 0.3) is 0 Å². The zero-order valence-electron chi connectivity index (χ0n) is 10.5. The summed E-state index contributed by atoms with van der Waals surface area (Å²) >= 11 is 0. The molecule has 0 saturated carbocycles. The van der Waals surface area contributed by atoms with Gasteiger partial charge >= 0.3 is 0 Å². The minimum Gasteiger partial charge on any atom is -0.481 e. The first-order valence-corrected chi connectivity index (χ1v) is 5.53. The lowest BCUT2D eigenvalue weighted by Crippen LogP contribution is -2.09. The van der Waals surface area contributed by atoms with Crippen LogP contribution in [0, 0.1) is 0 Å². The number of aliphatic imine (C=N–C) groups is 1. The summed E-state index contributed by atoms with van der Waals surface area (Å²) in [4.78, 5) is 4.02. The average Bonchev–Trinajstić information content (AvgIpc) is 2.28. The third-order valence-electron chi connectivity index (χ3n) is 0.948. The van der Waals surface area contributed by atoms with E-state index in [4.69, 9.17) is 4.74 Å². The Kier molecular flexibility index (Phi) is 31.7. The van der Waals surface area contributed by atoms with Gasteiger partial charge in [-0.3, -0.25) is 4.99 Å². The van der Waals surface area contributed by atoms with Gasteiger partial charge in [-0.05, 0) is 0 Å². The number of hydrogen-bond donors (Lipinski definition) is 0. The van der Waals surface area contributed by atoms with Crippen molar-refractivity contribution in [1.29, 1.82) is 0 Å². The Bertz CT molecular complexity index is 90.1. The molecule has 13 heavy (non-hydrogen) atoms. The number of ether oxygens (including phenoxy) is 1. The van der Waals surface area contributed by atoms with Gasteiger partial charge < -0.3 is 4.74 Å². The summed E-state index contributed by atoms with van der Waals surface area (Å²) in [6.07, 6.45) is 1.08. The molecule has 2 heteroatoms. The van der Waals surface area contributed by atoms with Crippen LogP contribution in [0.15, 0.2) is 4.99 Å². The number of hydrogen-bond acceptors (Lipinski definition) is 2. The molecule has 1 heterocycles. The fraction of sp³-hybridized carbons (Fsp3) is 0.909. The molecule has 1 aliphatic rings. The van der Waals surface area contributed by atoms with Crippen molar-refractivity contribution < 1.29 is 4.74 Å². The molecule has 0 amide bonds. The summed E-state index contributed by atoms with van der Waals surface area (Å²) in [5.41, 5.74) is 0. The summed E-state index contributed by atoms with van der Waals surface area (Å²) in [7, 11) is 0. The normalized spacial score (nSPS) is 12.4. The predicted octanol–water partition coefficient (Wildman–Crippen LogP) is 3.90. The van der Waals surface area contributed by atoms with Crippen molar-refractivity contribution in [2.24, 2.45) is 4.99 Å². The SMILES string of the molecule is CC.CC.CC.CC1=NCCCO1. The summed E-state index contributed by atoms with van der Waals surface area (Å²) in [6.45, 7) is 15.7. The molecule has 0 radical (unpaired) electrons. The Morgan fingerprint density at radius 1 is 1.00 bits per heavy atom. The molecule has 0 aromatic carbocycles. The molecule has 2 nitrogen and oxygen atoms in total. The second-order valence-electron chi connectivity index (χ2n) is 1.60. The van der Waals surface area contributed by atoms with Crippen LogP contribution in [-0.2, 0) is 4.74 Å². The van der Waals surface area contributed by atoms with Gasteiger partial charge in [0.1, 0.15) is 0 Å². The van der Waals surface area contributed by atoms with E-state index >= 15 is 0 Å². The van der Waals surface area contributed by atoms with Crippen molar-refractivity contribution in [2.75, 3.05) is 13.2 Å². The highest BCUT2D eigenvalue weighted by Crippen LogP contribution is 1.93. The van der Waals surface area contributed by atoms with Crippen molar-refractivity contribution in [2.45, 2.75) is 54.9 Å². The van der Waals surface area contributed by atoms with E-state index in [-0.39, 0.29) is 0 Å². The Morgan fingerprint density at radius 2 is 1.46 bits per heavy atom. The van der Waals surface area contributed by atoms with E-state index in [1.165, 1.54) is 0 Å². The molecule has 0 N–H and O–H groups in total. The van der Waals surface area contributed by atoms with Gasteiger partial charge in [0.05, 0.1) is 6.61 Å². The zero-order valence-corrected chi connectivity index (χ0v) is 10.5. The lowest BCUT2D eigenvalue weighted by atomic mass is 10.4. The third kappa shape index (κ3) is 18.4. The van der Waals surface area contributed by atoms with E-state index < -0.39 is 0 Å². The molecule has 0 atom stereocenters. The quantitative estimate of drug-likeness (QED) is 0.566. The first-order chi connectivity index (χ1) is 6.39. The van der Waals surface area contributed by atoms with Crippen molar-refractivity contribution in [3.8, 4) is 0 Å². The second kappa shape index (κ2) is 22.5. The molecule has 0 saturated heterocycles. The molecule has 0 unspecified atom stereocenters. The van der Waals surface area contributed by atoms with Gasteiger partial charge in [-0.25, -0.2) is 0 Å². The van der Waals surface area contributed by atoms with Crippen LogP contribution < -0.4 is 0 Å². The third-order valence-corrected chi connectivity index (χ3v) is 0.948. The zero-order chi connectivity index (χ0) is 11.1. The highest BCUT2D eigenvalue weighted by atomic mass is 16.5. The number of nitrogens with zero attached hydrogens (tertiary/aromatic N) is 1. The van der Waals surface area contributed by atoms with E-state index in [0.717, 1.165) is 25.5 Å². The lowest BCUT2D eigenvalue weighted by Gasteiger charge is -2.08. The Balaban J connectivity index is -0.000000144. The van der Waals surface area contributed by atoms with Crippen molar-refractivity contribution in [1.82, 2.24) is 0 Å². The average molecular weight is 189 g/mol. The molecule has 0 bridgehead atoms. The monoisotopic (exact) mass is 189 g/mol. The van der Waals surface area contributed by atoms with E-state index in [1.54, 1.807) is 0 Å². The topological polar surface area (TPSA) is 21.6 Å². The van der Waals surface area contributed by atoms with Crippen LogP contribution in [0.3, 0.4) is 0 Å². The Labute approximate surface area is 84.4 Å². The molecule has 0 aromatic rings. The molecular formula is C11H27NO. The van der Waals surface area contributed by atoms with Crippen molar-refractivity contribution in [3.63, 3.8) is 0 Å². The van der Waals surface area contributed by atoms with Crippen molar-refractivity contribution in [3.05, 3.63) is 0 Å². The summed E-state index contributed by atoms with van der Waals surface area (Å²) < 4.78 is 5.03. The van der Waals surface area contributed by atoms with Crippen LogP contribution in [0.2, 0.25) is 0 Å². The van der Waals surface area contributed by atoms with Gasteiger partial charge in [0.15, 0.2) is 5.90 Å². The maximum absolute atomic E-state index is 5.03. The van der Waals surface area contributed by atoms with Gasteiger partial charge in [0, 0.05) is 19.9 Å². The highest BCUT2D eigenvalue weighted by Gasteiger charge is 1.96. The fourth-order valence-corrected chi connectivity index (χ4v) is 0.567. The van der Waals surface area contributed by atoms with E-state index in [0.29, 0.717) is 0 Å². The minimum absolute atomic E-state index is 0.839. The van der Waals surface area contributed by atoms with Crippen LogP contribution in [-0.4, -0.2) is 19.0 Å². The van der Waals surface area contributed by atoms with Gasteiger partial charge in [-0.15, -0.1) is 0 Å². The van der Waals surface area contributed by atoms with Gasteiger partial charge in [0.2, 0.25) is 0 Å². The van der Waals surface area contributed by atoms with Crippen LogP contribution in [0.5, 0.6) is 0 Å². The summed E-state index contributed by atoms with van der Waals surface area (Å²) in [6, 6.07) is 0. The largest absolute Gasteiger partial charge is 0.481 e. The maximum Gasteiger partial charge on any atom is 0.179 e. The van der Waals surface area contributed by atoms with E-state index in [9.17, 15) is 0 Å². The number of rotatable bonds is 0.